The standard InChI is InChI=1S/C26H25Si.3ClH.Ti/c1-21(2)25-19-12-20-26(25)27(22-13-6-3-7-14-22,23-15-8-4-9-16-23)24-17-10-5-11-18-24;;;;/h3-18,21H,20H2,1-2H3;3*1H;/q;;;;+3/p-3. The minimum Gasteiger partial charge on any atom is -1.00 e. The van der Waals surface area contributed by atoms with Crippen molar-refractivity contribution >= 4 is 23.6 Å². The molecule has 5 heteroatoms. The second-order valence-corrected chi connectivity index (χ2v) is 12.4. The largest absolute Gasteiger partial charge is 1.00 e. The first-order valence-electron chi connectivity index (χ1n) is 9.98. The molecule has 0 aliphatic heterocycles. The number of allylic oxidation sites excluding steroid dienone is 4. The Balaban J connectivity index is 0.00000160. The molecule has 0 fully saturated rings. The maximum Gasteiger partial charge on any atom is -1.00 e. The molecule has 0 unspecified atom stereocenters. The predicted molar refractivity (Wildman–Crippen MR) is 119 cm³/mol. The average molecular weight is 520 g/mol. The van der Waals surface area contributed by atoms with E-state index >= 15 is 0 Å². The van der Waals surface area contributed by atoms with Gasteiger partial charge in [0.05, 0.1) is 0 Å². The summed E-state index contributed by atoms with van der Waals surface area (Å²) in [7, 11) is -2.33. The van der Waals surface area contributed by atoms with Gasteiger partial charge in [0.25, 0.3) is 0 Å². The zero-order chi connectivity index (χ0) is 19.6. The van der Waals surface area contributed by atoms with Crippen LogP contribution in [0, 0.1) is 5.92 Å². The predicted octanol–water partition coefficient (Wildman–Crippen LogP) is -4.50. The maximum absolute atomic E-state index is 2.45. The molecular weight excluding hydrogens is 495 g/mol. The molecule has 1 aliphatic carbocycles. The first-order chi connectivity index (χ1) is 13.7. The summed E-state index contributed by atoms with van der Waals surface area (Å²) in [5, 5.41) is 6.08. The zero-order valence-corrected chi connectivity index (χ0v) is 22.5. The summed E-state index contributed by atoms with van der Waals surface area (Å²) in [5.41, 5.74) is 1.57. The average Bonchev–Trinajstić information content (AvgIpc) is 3.13. The molecule has 0 saturated heterocycles. The molecular formula is C26H25Cl3SiTi. The van der Waals surface area contributed by atoms with Crippen molar-refractivity contribution in [2.75, 3.05) is 0 Å². The molecule has 0 radical (unpaired) electrons. The summed E-state index contributed by atoms with van der Waals surface area (Å²) >= 11 is 2.29. The minimum atomic E-state index is -2.33. The molecule has 4 rings (SSSR count). The first-order valence-corrected chi connectivity index (χ1v) is 12.8. The third-order valence-electron chi connectivity index (χ3n) is 5.78. The summed E-state index contributed by atoms with van der Waals surface area (Å²) in [4.78, 5) is 0. The Bertz CT molecular complexity index is 920. The molecule has 0 atom stereocenters. The van der Waals surface area contributed by atoms with E-state index in [-0.39, 0.29) is 37.2 Å². The first kappa shape index (κ1) is 28.0. The van der Waals surface area contributed by atoms with Gasteiger partial charge in [-0.05, 0) is 0 Å². The van der Waals surface area contributed by atoms with E-state index in [1.54, 1.807) is 10.8 Å². The Hall–Kier alpha value is -1.06. The van der Waals surface area contributed by atoms with E-state index in [1.807, 2.05) is 0 Å². The molecule has 31 heavy (non-hydrogen) atoms. The fraction of sp³-hybridized carbons (Fsp3) is 0.154. The maximum atomic E-state index is 2.45. The van der Waals surface area contributed by atoms with E-state index in [0.717, 1.165) is 6.42 Å². The summed E-state index contributed by atoms with van der Waals surface area (Å²) in [6.07, 6.45) is 3.51. The monoisotopic (exact) mass is 518 g/mol. The van der Waals surface area contributed by atoms with Crippen molar-refractivity contribution in [1.82, 2.24) is 0 Å². The fourth-order valence-corrected chi connectivity index (χ4v) is 11.1. The number of hydrogen-bond acceptors (Lipinski definition) is 0. The number of rotatable bonds is 5. The molecule has 0 bridgehead atoms. The molecule has 0 heterocycles. The topological polar surface area (TPSA) is 0 Å². The zero-order valence-electron chi connectivity index (χ0n) is 17.7. The van der Waals surface area contributed by atoms with E-state index in [9.17, 15) is 0 Å². The summed E-state index contributed by atoms with van der Waals surface area (Å²) in [5.74, 6) is 0.525. The molecule has 0 spiro atoms. The smallest absolute Gasteiger partial charge is 1.00 e. The summed E-state index contributed by atoms with van der Waals surface area (Å²) in [6.45, 7) is 4.69. The SMILES string of the molecule is CC(C)C1=C([Si](c2ccccc2)(c2ccccc2)c2ccccc2)CC=[C]1[Ti+3].[Cl-].[Cl-].[Cl-]. The van der Waals surface area contributed by atoms with Crippen LogP contribution in [0.5, 0.6) is 0 Å². The van der Waals surface area contributed by atoms with Gasteiger partial charge in [-0.2, -0.15) is 0 Å². The van der Waals surface area contributed by atoms with Crippen LogP contribution in [0.2, 0.25) is 0 Å². The number of benzene rings is 3. The molecule has 0 amide bonds. The van der Waals surface area contributed by atoms with E-state index < -0.39 is 8.07 Å². The third-order valence-corrected chi connectivity index (χ3v) is 11.5. The molecule has 158 valence electrons. The van der Waals surface area contributed by atoms with Crippen molar-refractivity contribution in [2.24, 2.45) is 5.92 Å². The molecule has 0 aromatic heterocycles. The normalized spacial score (nSPS) is 13.1. The van der Waals surface area contributed by atoms with E-state index in [2.05, 4.69) is 131 Å². The van der Waals surface area contributed by atoms with Crippen molar-refractivity contribution in [3.05, 3.63) is 112 Å². The molecule has 1 aliphatic rings. The van der Waals surface area contributed by atoms with Crippen LogP contribution in [0.4, 0.5) is 0 Å². The molecule has 3 aromatic rings. The van der Waals surface area contributed by atoms with Gasteiger partial charge >= 0.3 is 182 Å². The minimum absolute atomic E-state index is 0. The van der Waals surface area contributed by atoms with Gasteiger partial charge < -0.3 is 37.2 Å². The Morgan fingerprint density at radius 2 is 1.00 bits per heavy atom. The Morgan fingerprint density at radius 3 is 1.32 bits per heavy atom. The van der Waals surface area contributed by atoms with E-state index in [0.29, 0.717) is 5.92 Å². The molecule has 0 nitrogen and oxygen atoms in total. The van der Waals surface area contributed by atoms with Gasteiger partial charge in [-0.25, -0.2) is 0 Å². The van der Waals surface area contributed by atoms with Gasteiger partial charge in [0.15, 0.2) is 0 Å². The summed E-state index contributed by atoms with van der Waals surface area (Å²) in [6, 6.07) is 33.7. The van der Waals surface area contributed by atoms with Crippen LogP contribution in [0.25, 0.3) is 0 Å². The van der Waals surface area contributed by atoms with Gasteiger partial charge in [-0.1, -0.05) is 0 Å². The Kier molecular flexibility index (Phi) is 11.1. The fourth-order valence-electron chi connectivity index (χ4n) is 4.69. The third kappa shape index (κ3) is 5.14. The van der Waals surface area contributed by atoms with Gasteiger partial charge in [0.1, 0.15) is 0 Å². The van der Waals surface area contributed by atoms with Gasteiger partial charge in [-0.3, -0.25) is 0 Å². The molecule has 3 aromatic carbocycles. The van der Waals surface area contributed by atoms with Crippen LogP contribution in [-0.2, 0) is 20.4 Å². The van der Waals surface area contributed by atoms with Crippen LogP contribution >= 0.6 is 0 Å². The van der Waals surface area contributed by atoms with Crippen LogP contribution in [0.1, 0.15) is 20.3 Å². The van der Waals surface area contributed by atoms with Crippen LogP contribution < -0.4 is 52.8 Å². The van der Waals surface area contributed by atoms with E-state index in [4.69, 9.17) is 0 Å². The Morgan fingerprint density at radius 1 is 0.645 bits per heavy atom. The quantitative estimate of drug-likeness (QED) is 0.236. The Labute approximate surface area is 217 Å². The van der Waals surface area contributed by atoms with Crippen LogP contribution in [0.3, 0.4) is 0 Å². The van der Waals surface area contributed by atoms with Crippen molar-refractivity contribution in [3.63, 3.8) is 0 Å². The van der Waals surface area contributed by atoms with Gasteiger partial charge in [0.2, 0.25) is 0 Å². The van der Waals surface area contributed by atoms with Crippen molar-refractivity contribution in [3.8, 4) is 0 Å². The van der Waals surface area contributed by atoms with Crippen molar-refractivity contribution < 1.29 is 57.7 Å². The van der Waals surface area contributed by atoms with E-state index in [1.165, 1.54) is 19.4 Å². The second kappa shape index (κ2) is 12.3. The van der Waals surface area contributed by atoms with Gasteiger partial charge in [0, 0.05) is 0 Å². The number of halogens is 3. The van der Waals surface area contributed by atoms with Crippen molar-refractivity contribution in [1.29, 1.82) is 0 Å². The number of hydrogen-bond donors (Lipinski definition) is 0. The van der Waals surface area contributed by atoms with Crippen LogP contribution in [0.15, 0.2) is 112 Å². The van der Waals surface area contributed by atoms with Crippen LogP contribution in [-0.4, -0.2) is 8.07 Å². The summed E-state index contributed by atoms with van der Waals surface area (Å²) < 4.78 is 1.46. The molecule has 0 saturated carbocycles. The molecule has 0 N–H and O–H groups in total. The van der Waals surface area contributed by atoms with Gasteiger partial charge in [-0.15, -0.1) is 0 Å². The second-order valence-electron chi connectivity index (χ2n) is 7.72. The van der Waals surface area contributed by atoms with Crippen molar-refractivity contribution in [2.45, 2.75) is 20.3 Å².